The van der Waals surface area contributed by atoms with Gasteiger partial charge in [-0.2, -0.15) is 0 Å². The van der Waals surface area contributed by atoms with Gasteiger partial charge in [-0.15, -0.1) is 0 Å². The topological polar surface area (TPSA) is 32.8 Å². The maximum absolute atomic E-state index is 13.1. The molecular formula is C23H34N2O2. The highest BCUT2D eigenvalue weighted by Crippen LogP contribution is 2.52. The van der Waals surface area contributed by atoms with E-state index >= 15 is 0 Å². The molecule has 3 fully saturated rings. The number of hydrogen-bond acceptors (Lipinski definition) is 3. The van der Waals surface area contributed by atoms with E-state index in [1.165, 1.54) is 31.2 Å². The molecule has 2 aliphatic carbocycles. The molecule has 1 saturated heterocycles. The van der Waals surface area contributed by atoms with Gasteiger partial charge in [-0.25, -0.2) is 0 Å². The first-order chi connectivity index (χ1) is 13.0. The number of carbonyl (C=O) groups is 1. The molecule has 0 unspecified atom stereocenters. The predicted molar refractivity (Wildman–Crippen MR) is 107 cm³/mol. The standard InChI is InChI=1S/C23H34N2O2/c1-24(2)22(19-8-5-4-6-9-19)14-12-21(13-15-22)16-17-25(18-21)20(26)23(27-3)10-7-11-23/h4-6,8-9H,7,10-18H2,1-3H3. The van der Waals surface area contributed by atoms with Crippen molar-refractivity contribution in [3.05, 3.63) is 35.9 Å². The van der Waals surface area contributed by atoms with Gasteiger partial charge >= 0.3 is 0 Å². The lowest BCUT2D eigenvalue weighted by molar-refractivity contribution is -0.165. The summed E-state index contributed by atoms with van der Waals surface area (Å²) in [6, 6.07) is 11.0. The van der Waals surface area contributed by atoms with E-state index in [4.69, 9.17) is 4.74 Å². The molecule has 2 saturated carbocycles. The zero-order valence-electron chi connectivity index (χ0n) is 17.2. The zero-order chi connectivity index (χ0) is 19.1. The second kappa shape index (κ2) is 6.89. The van der Waals surface area contributed by atoms with Gasteiger partial charge in [-0.05, 0) is 76.4 Å². The minimum atomic E-state index is -0.502. The minimum absolute atomic E-state index is 0.131. The van der Waals surface area contributed by atoms with Crippen molar-refractivity contribution >= 4 is 5.91 Å². The smallest absolute Gasteiger partial charge is 0.254 e. The molecule has 1 aliphatic heterocycles. The normalized spacial score (nSPS) is 32.7. The third-order valence-corrected chi connectivity index (χ3v) is 7.97. The Kier molecular flexibility index (Phi) is 4.84. The van der Waals surface area contributed by atoms with Crippen molar-refractivity contribution in [1.29, 1.82) is 0 Å². The number of amides is 1. The second-order valence-corrected chi connectivity index (χ2v) is 9.32. The van der Waals surface area contributed by atoms with Gasteiger partial charge in [0.2, 0.25) is 0 Å². The first-order valence-corrected chi connectivity index (χ1v) is 10.5. The van der Waals surface area contributed by atoms with E-state index in [0.29, 0.717) is 5.41 Å². The molecule has 0 radical (unpaired) electrons. The molecule has 1 spiro atoms. The average Bonchev–Trinajstić information content (AvgIpc) is 3.06. The van der Waals surface area contributed by atoms with Gasteiger partial charge in [0.1, 0.15) is 5.60 Å². The van der Waals surface area contributed by atoms with Gasteiger partial charge in [0, 0.05) is 25.7 Å². The summed E-state index contributed by atoms with van der Waals surface area (Å²) in [6.45, 7) is 1.83. The Morgan fingerprint density at radius 3 is 2.19 bits per heavy atom. The van der Waals surface area contributed by atoms with Crippen molar-refractivity contribution < 1.29 is 9.53 Å². The fraction of sp³-hybridized carbons (Fsp3) is 0.696. The summed E-state index contributed by atoms with van der Waals surface area (Å²) in [6.07, 6.45) is 8.78. The lowest BCUT2D eigenvalue weighted by atomic mass is 9.64. The Hall–Kier alpha value is -1.39. The molecule has 27 heavy (non-hydrogen) atoms. The first-order valence-electron chi connectivity index (χ1n) is 10.5. The van der Waals surface area contributed by atoms with Crippen LogP contribution < -0.4 is 0 Å². The number of methoxy groups -OCH3 is 1. The van der Waals surface area contributed by atoms with Gasteiger partial charge in [0.15, 0.2) is 0 Å². The van der Waals surface area contributed by atoms with Crippen LogP contribution in [0.25, 0.3) is 0 Å². The number of rotatable bonds is 4. The number of hydrogen-bond donors (Lipinski definition) is 0. The number of ether oxygens (including phenoxy) is 1. The average molecular weight is 371 g/mol. The molecule has 0 bridgehead atoms. The summed E-state index contributed by atoms with van der Waals surface area (Å²) in [7, 11) is 6.14. The SMILES string of the molecule is COC1(C(=O)N2CCC3(CCC(c4ccccc4)(N(C)C)CC3)C2)CCC1. The van der Waals surface area contributed by atoms with Gasteiger partial charge in [0.25, 0.3) is 5.91 Å². The van der Waals surface area contributed by atoms with Crippen molar-refractivity contribution in [2.75, 3.05) is 34.3 Å². The molecule has 1 aromatic carbocycles. The van der Waals surface area contributed by atoms with Gasteiger partial charge in [-0.1, -0.05) is 30.3 Å². The summed E-state index contributed by atoms with van der Waals surface area (Å²) >= 11 is 0. The maximum Gasteiger partial charge on any atom is 0.254 e. The van der Waals surface area contributed by atoms with Crippen LogP contribution in [0.2, 0.25) is 0 Å². The Morgan fingerprint density at radius 1 is 1.00 bits per heavy atom. The highest BCUT2D eigenvalue weighted by molar-refractivity contribution is 5.86. The fourth-order valence-electron chi connectivity index (χ4n) is 5.74. The predicted octanol–water partition coefficient (Wildman–Crippen LogP) is 3.81. The van der Waals surface area contributed by atoms with Crippen LogP contribution in [-0.2, 0) is 15.1 Å². The summed E-state index contributed by atoms with van der Waals surface area (Å²) in [5.74, 6) is 0.251. The Balaban J connectivity index is 1.46. The largest absolute Gasteiger partial charge is 0.368 e. The van der Waals surface area contributed by atoms with Crippen LogP contribution in [0.1, 0.15) is 56.9 Å². The van der Waals surface area contributed by atoms with Crippen LogP contribution in [0.5, 0.6) is 0 Å². The van der Waals surface area contributed by atoms with Gasteiger partial charge in [-0.3, -0.25) is 9.69 Å². The fourth-order valence-corrected chi connectivity index (χ4v) is 5.74. The molecule has 0 aromatic heterocycles. The summed E-state index contributed by atoms with van der Waals surface area (Å²) < 4.78 is 5.65. The molecule has 148 valence electrons. The van der Waals surface area contributed by atoms with Gasteiger partial charge < -0.3 is 9.64 Å². The summed E-state index contributed by atoms with van der Waals surface area (Å²) in [5.41, 5.74) is 1.37. The first kappa shape index (κ1) is 18.9. The van der Waals surface area contributed by atoms with Crippen LogP contribution in [0.15, 0.2) is 30.3 Å². The quantitative estimate of drug-likeness (QED) is 0.808. The van der Waals surface area contributed by atoms with E-state index in [0.717, 1.165) is 38.8 Å². The molecule has 1 amide bonds. The number of carbonyl (C=O) groups excluding carboxylic acids is 1. The molecule has 4 rings (SSSR count). The third-order valence-electron chi connectivity index (χ3n) is 7.97. The van der Waals surface area contributed by atoms with Crippen LogP contribution in [-0.4, -0.2) is 55.6 Å². The van der Waals surface area contributed by atoms with E-state index < -0.39 is 5.60 Å². The summed E-state index contributed by atoms with van der Waals surface area (Å²) in [4.78, 5) is 17.6. The Bertz CT molecular complexity index is 667. The number of likely N-dealkylation sites (tertiary alicyclic amines) is 1. The Labute approximate surface area is 163 Å². The molecule has 4 heteroatoms. The van der Waals surface area contributed by atoms with Crippen molar-refractivity contribution in [3.63, 3.8) is 0 Å². The molecule has 4 nitrogen and oxygen atoms in total. The minimum Gasteiger partial charge on any atom is -0.368 e. The third kappa shape index (κ3) is 3.01. The lowest BCUT2D eigenvalue weighted by Crippen LogP contribution is -2.54. The molecule has 0 atom stereocenters. The van der Waals surface area contributed by atoms with Crippen LogP contribution in [0, 0.1) is 5.41 Å². The van der Waals surface area contributed by atoms with Crippen LogP contribution in [0.3, 0.4) is 0 Å². The van der Waals surface area contributed by atoms with E-state index in [2.05, 4.69) is 54.2 Å². The molecular weight excluding hydrogens is 336 g/mol. The zero-order valence-corrected chi connectivity index (χ0v) is 17.2. The molecule has 1 heterocycles. The second-order valence-electron chi connectivity index (χ2n) is 9.32. The lowest BCUT2D eigenvalue weighted by Gasteiger charge is -2.49. The number of benzene rings is 1. The monoisotopic (exact) mass is 370 g/mol. The van der Waals surface area contributed by atoms with Crippen LogP contribution in [0.4, 0.5) is 0 Å². The number of nitrogens with zero attached hydrogens (tertiary/aromatic N) is 2. The van der Waals surface area contributed by atoms with E-state index in [1.807, 2.05) is 0 Å². The van der Waals surface area contributed by atoms with Crippen molar-refractivity contribution in [1.82, 2.24) is 9.80 Å². The van der Waals surface area contributed by atoms with Crippen molar-refractivity contribution in [2.24, 2.45) is 5.41 Å². The Morgan fingerprint density at radius 2 is 1.67 bits per heavy atom. The van der Waals surface area contributed by atoms with Crippen molar-refractivity contribution in [2.45, 2.75) is 62.5 Å². The van der Waals surface area contributed by atoms with E-state index in [-0.39, 0.29) is 11.4 Å². The highest BCUT2D eigenvalue weighted by Gasteiger charge is 2.52. The molecule has 1 aromatic rings. The van der Waals surface area contributed by atoms with Crippen LogP contribution >= 0.6 is 0 Å². The van der Waals surface area contributed by atoms with Gasteiger partial charge in [0.05, 0.1) is 0 Å². The van der Waals surface area contributed by atoms with E-state index in [9.17, 15) is 4.79 Å². The highest BCUT2D eigenvalue weighted by atomic mass is 16.5. The molecule has 0 N–H and O–H groups in total. The van der Waals surface area contributed by atoms with Crippen molar-refractivity contribution in [3.8, 4) is 0 Å². The van der Waals surface area contributed by atoms with E-state index in [1.54, 1.807) is 7.11 Å². The summed E-state index contributed by atoms with van der Waals surface area (Å²) in [5, 5.41) is 0. The molecule has 3 aliphatic rings. The maximum atomic E-state index is 13.1.